The second-order valence-corrected chi connectivity index (χ2v) is 11.1. The highest BCUT2D eigenvalue weighted by Crippen LogP contribution is 2.28. The highest BCUT2D eigenvalue weighted by Gasteiger charge is 2.30. The zero-order valence-electron chi connectivity index (χ0n) is 23.2. The maximum Gasteiger partial charge on any atom is 0.270 e. The summed E-state index contributed by atoms with van der Waals surface area (Å²) in [5.74, 6) is -0.156. The molecule has 0 spiro atoms. The second kappa shape index (κ2) is 12.2. The summed E-state index contributed by atoms with van der Waals surface area (Å²) in [6.45, 7) is 5.83. The van der Waals surface area contributed by atoms with Crippen LogP contribution in [0.25, 0.3) is 5.65 Å². The lowest BCUT2D eigenvalue weighted by Crippen LogP contribution is -2.39. The van der Waals surface area contributed by atoms with Crippen LogP contribution < -0.4 is 20.9 Å². The summed E-state index contributed by atoms with van der Waals surface area (Å²) in [5, 5.41) is 19.2. The third-order valence-electron chi connectivity index (χ3n) is 7.61. The minimum Gasteiger partial charge on any atom is -0.394 e. The summed E-state index contributed by atoms with van der Waals surface area (Å²) in [6.07, 6.45) is 5.68. The van der Waals surface area contributed by atoms with Crippen LogP contribution in [-0.2, 0) is 11.3 Å². The number of benzene rings is 1. The average molecular weight is 547 g/mol. The number of rotatable bonds is 10. The van der Waals surface area contributed by atoms with Crippen molar-refractivity contribution in [2.24, 2.45) is 5.92 Å². The molecule has 2 aliphatic heterocycles. The van der Waals surface area contributed by atoms with Crippen LogP contribution in [0.2, 0.25) is 0 Å². The van der Waals surface area contributed by atoms with Crippen molar-refractivity contribution in [1.29, 1.82) is 0 Å². The van der Waals surface area contributed by atoms with Gasteiger partial charge in [-0.2, -0.15) is 0 Å². The van der Waals surface area contributed by atoms with Crippen molar-refractivity contribution in [2.45, 2.75) is 64.6 Å². The highest BCUT2D eigenvalue weighted by atomic mass is 16.3. The van der Waals surface area contributed by atoms with Crippen molar-refractivity contribution in [3.63, 3.8) is 0 Å². The first-order valence-electron chi connectivity index (χ1n) is 14.2. The number of carbonyl (C=O) groups excluding carboxylic acids is 3. The third kappa shape index (κ3) is 5.88. The van der Waals surface area contributed by atoms with E-state index in [1.807, 2.05) is 38.1 Å². The van der Waals surface area contributed by atoms with Crippen LogP contribution >= 0.6 is 0 Å². The maximum absolute atomic E-state index is 13.5. The molecular formula is C30H38N6O4. The van der Waals surface area contributed by atoms with Crippen LogP contribution in [0.4, 0.5) is 5.69 Å². The molecule has 2 aliphatic rings. The fourth-order valence-electron chi connectivity index (χ4n) is 5.64. The molecule has 10 heteroatoms. The maximum atomic E-state index is 13.5. The molecule has 0 aliphatic carbocycles. The van der Waals surface area contributed by atoms with Gasteiger partial charge in [-0.25, -0.2) is 4.98 Å². The second-order valence-electron chi connectivity index (χ2n) is 11.1. The lowest BCUT2D eigenvalue weighted by molar-refractivity contribution is -0.117. The highest BCUT2D eigenvalue weighted by molar-refractivity contribution is 6.02. The summed E-state index contributed by atoms with van der Waals surface area (Å²) >= 11 is 0. The van der Waals surface area contributed by atoms with Crippen LogP contribution in [0.15, 0.2) is 42.6 Å². The number of nitrogens with one attached hydrogen (secondary N) is 3. The fraction of sp³-hybridized carbons (Fsp3) is 0.467. The normalized spacial score (nSPS) is 18.1. The van der Waals surface area contributed by atoms with Crippen molar-refractivity contribution in [3.8, 4) is 0 Å². The number of pyridine rings is 1. The van der Waals surface area contributed by atoms with Gasteiger partial charge >= 0.3 is 0 Å². The molecule has 2 fully saturated rings. The van der Waals surface area contributed by atoms with Gasteiger partial charge < -0.3 is 26.0 Å². The van der Waals surface area contributed by atoms with Crippen molar-refractivity contribution < 1.29 is 19.5 Å². The topological polar surface area (TPSA) is 128 Å². The van der Waals surface area contributed by atoms with E-state index in [-0.39, 0.29) is 36.4 Å². The van der Waals surface area contributed by atoms with Gasteiger partial charge in [-0.3, -0.25) is 18.8 Å². The van der Waals surface area contributed by atoms with E-state index in [0.29, 0.717) is 47.9 Å². The van der Waals surface area contributed by atoms with E-state index < -0.39 is 0 Å². The minimum atomic E-state index is -0.371. The van der Waals surface area contributed by atoms with E-state index in [4.69, 9.17) is 4.98 Å². The zero-order valence-corrected chi connectivity index (χ0v) is 23.2. The molecule has 5 rings (SSSR count). The number of aromatic nitrogens is 2. The Balaban J connectivity index is 1.37. The predicted octanol–water partition coefficient (Wildman–Crippen LogP) is 2.95. The Morgan fingerprint density at radius 1 is 1.15 bits per heavy atom. The van der Waals surface area contributed by atoms with Crippen LogP contribution in [0.3, 0.4) is 0 Å². The van der Waals surface area contributed by atoms with E-state index in [1.165, 1.54) is 0 Å². The Labute approximate surface area is 234 Å². The molecule has 2 saturated heterocycles. The number of nitrogens with zero attached hydrogens (tertiary/aromatic N) is 3. The van der Waals surface area contributed by atoms with Crippen LogP contribution in [0.5, 0.6) is 0 Å². The van der Waals surface area contributed by atoms with E-state index in [2.05, 4.69) is 16.0 Å². The summed E-state index contributed by atoms with van der Waals surface area (Å²) in [7, 11) is 0. The number of hydrogen-bond donors (Lipinski definition) is 4. The molecule has 40 heavy (non-hydrogen) atoms. The minimum absolute atomic E-state index is 0.0877. The van der Waals surface area contributed by atoms with Gasteiger partial charge in [0.05, 0.1) is 29.9 Å². The van der Waals surface area contributed by atoms with Gasteiger partial charge in [0.1, 0.15) is 5.69 Å². The molecular weight excluding hydrogens is 508 g/mol. The van der Waals surface area contributed by atoms with Crippen LogP contribution in [0.1, 0.15) is 84.1 Å². The molecule has 2 aromatic heterocycles. The number of aliphatic hydroxyl groups excluding tert-OH is 1. The number of anilines is 1. The predicted molar refractivity (Wildman–Crippen MR) is 152 cm³/mol. The van der Waals surface area contributed by atoms with Crippen LogP contribution in [0, 0.1) is 5.92 Å². The van der Waals surface area contributed by atoms with Crippen molar-refractivity contribution in [1.82, 2.24) is 25.3 Å². The molecule has 1 aromatic carbocycles. The summed E-state index contributed by atoms with van der Waals surface area (Å²) in [6, 6.07) is 10.6. The zero-order chi connectivity index (χ0) is 28.2. The Morgan fingerprint density at radius 3 is 2.60 bits per heavy atom. The number of hydrogen-bond acceptors (Lipinski definition) is 6. The quantitative estimate of drug-likeness (QED) is 0.310. The lowest BCUT2D eigenvalue weighted by Gasteiger charge is -2.19. The molecule has 0 bridgehead atoms. The first kappa shape index (κ1) is 27.8. The van der Waals surface area contributed by atoms with Crippen molar-refractivity contribution >= 4 is 29.1 Å². The number of amides is 3. The smallest absolute Gasteiger partial charge is 0.270 e. The molecule has 0 saturated carbocycles. The molecule has 212 valence electrons. The van der Waals surface area contributed by atoms with E-state index in [9.17, 15) is 19.5 Å². The van der Waals surface area contributed by atoms with Gasteiger partial charge in [0.2, 0.25) is 5.91 Å². The largest absolute Gasteiger partial charge is 0.394 e. The van der Waals surface area contributed by atoms with Gasteiger partial charge in [0, 0.05) is 31.4 Å². The third-order valence-corrected chi connectivity index (χ3v) is 7.61. The fourth-order valence-corrected chi connectivity index (χ4v) is 5.64. The lowest BCUT2D eigenvalue weighted by atomic mass is 10.0. The number of carbonyl (C=O) groups is 3. The Kier molecular flexibility index (Phi) is 8.46. The molecule has 4 N–H and O–H groups in total. The van der Waals surface area contributed by atoms with Gasteiger partial charge in [-0.1, -0.05) is 26.0 Å². The molecule has 3 amide bonds. The number of imidazole rings is 1. The summed E-state index contributed by atoms with van der Waals surface area (Å²) in [4.78, 5) is 45.5. The Hall–Kier alpha value is -3.76. The summed E-state index contributed by atoms with van der Waals surface area (Å²) in [5.41, 5.74) is 3.58. The molecule has 0 unspecified atom stereocenters. The average Bonchev–Trinajstić information content (AvgIpc) is 3.70. The van der Waals surface area contributed by atoms with Gasteiger partial charge in [0.25, 0.3) is 11.8 Å². The number of aliphatic hydroxyl groups is 1. The Morgan fingerprint density at radius 2 is 1.95 bits per heavy atom. The monoisotopic (exact) mass is 546 g/mol. The van der Waals surface area contributed by atoms with E-state index in [1.54, 1.807) is 27.6 Å². The van der Waals surface area contributed by atoms with Crippen LogP contribution in [-0.4, -0.2) is 58.0 Å². The van der Waals surface area contributed by atoms with Crippen molar-refractivity contribution in [3.05, 3.63) is 65.1 Å². The van der Waals surface area contributed by atoms with E-state index in [0.717, 1.165) is 43.6 Å². The standard InChI is InChI=1S/C30H38N6O4/c1-19(2)16-21(18-37)33-30(40)27-26(24-7-3-13-31-24)34-28-23(6-4-15-36(27)28)29(39)32-17-20-9-11-22(12-10-20)35-14-5-8-25(35)38/h4,6,9-12,15,19,21,24,31,37H,3,5,7-8,13-14,16-18H2,1-2H3,(H,32,39)(H,33,40)/t21-,24-/m0/s1. The first-order chi connectivity index (χ1) is 19.4. The molecule has 0 radical (unpaired) electrons. The van der Waals surface area contributed by atoms with Gasteiger partial charge in [-0.15, -0.1) is 0 Å². The molecule has 3 aromatic rings. The SMILES string of the molecule is CC(C)C[C@@H](CO)NC(=O)c1c([C@@H]2CCCN2)nc2c(C(=O)NCc3ccc(N4CCCC4=O)cc3)cccn12. The van der Waals surface area contributed by atoms with E-state index >= 15 is 0 Å². The summed E-state index contributed by atoms with van der Waals surface area (Å²) < 4.78 is 1.69. The molecule has 2 atom stereocenters. The van der Waals surface area contributed by atoms with Gasteiger partial charge in [0.15, 0.2) is 5.65 Å². The number of fused-ring (bicyclic) bond motifs is 1. The first-order valence-corrected chi connectivity index (χ1v) is 14.2. The van der Waals surface area contributed by atoms with Gasteiger partial charge in [-0.05, 0) is 68.0 Å². The molecule has 10 nitrogen and oxygen atoms in total. The Bertz CT molecular complexity index is 1380. The van der Waals surface area contributed by atoms with Crippen molar-refractivity contribution in [2.75, 3.05) is 24.6 Å². The molecule has 4 heterocycles.